The summed E-state index contributed by atoms with van der Waals surface area (Å²) in [5, 5.41) is 3.98. The van der Waals surface area contributed by atoms with Crippen molar-refractivity contribution >= 4 is 0 Å². The summed E-state index contributed by atoms with van der Waals surface area (Å²) in [7, 11) is 0. The summed E-state index contributed by atoms with van der Waals surface area (Å²) in [4.78, 5) is 9.25. The van der Waals surface area contributed by atoms with Gasteiger partial charge in [-0.2, -0.15) is 4.98 Å². The van der Waals surface area contributed by atoms with Crippen LogP contribution < -0.4 is 0 Å². The molecule has 0 aromatic carbocycles. The highest BCUT2D eigenvalue weighted by Crippen LogP contribution is 2.07. The molecule has 0 atom stereocenters. The summed E-state index contributed by atoms with van der Waals surface area (Å²) in [6.45, 7) is 10.8. The van der Waals surface area contributed by atoms with Crippen molar-refractivity contribution in [1.82, 2.24) is 19.9 Å². The highest BCUT2D eigenvalue weighted by Gasteiger charge is 2.17. The number of likely N-dealkylation sites (N-methyl/N-ethyl adjacent to an activating group) is 1. The second-order valence-corrected chi connectivity index (χ2v) is 4.56. The van der Waals surface area contributed by atoms with E-state index in [4.69, 9.17) is 4.52 Å². The predicted molar refractivity (Wildman–Crippen MR) is 65.7 cm³/mol. The maximum Gasteiger partial charge on any atom is 0.240 e. The monoisotopic (exact) mass is 238 g/mol. The molecule has 0 spiro atoms. The Balaban J connectivity index is 1.80. The van der Waals surface area contributed by atoms with Gasteiger partial charge in [-0.15, -0.1) is 0 Å². The summed E-state index contributed by atoms with van der Waals surface area (Å²) in [6, 6.07) is 0. The zero-order valence-electron chi connectivity index (χ0n) is 10.9. The molecule has 5 heteroatoms. The SMILES string of the molecule is CCCc1noc(CN2CCN(CC)CC2)n1. The van der Waals surface area contributed by atoms with Crippen LogP contribution in [0, 0.1) is 0 Å². The number of hydrogen-bond donors (Lipinski definition) is 0. The van der Waals surface area contributed by atoms with Gasteiger partial charge in [-0.25, -0.2) is 0 Å². The van der Waals surface area contributed by atoms with Gasteiger partial charge in [-0.3, -0.25) is 4.90 Å². The fourth-order valence-corrected chi connectivity index (χ4v) is 2.13. The average molecular weight is 238 g/mol. The first kappa shape index (κ1) is 12.5. The fourth-order valence-electron chi connectivity index (χ4n) is 2.13. The van der Waals surface area contributed by atoms with Gasteiger partial charge in [0.1, 0.15) is 0 Å². The van der Waals surface area contributed by atoms with Crippen molar-refractivity contribution in [2.45, 2.75) is 33.2 Å². The Hall–Kier alpha value is -0.940. The molecule has 1 saturated heterocycles. The summed E-state index contributed by atoms with van der Waals surface area (Å²) in [5.74, 6) is 1.60. The van der Waals surface area contributed by atoms with Crippen molar-refractivity contribution in [2.24, 2.45) is 0 Å². The van der Waals surface area contributed by atoms with Gasteiger partial charge >= 0.3 is 0 Å². The lowest BCUT2D eigenvalue weighted by Crippen LogP contribution is -2.45. The van der Waals surface area contributed by atoms with Gasteiger partial charge in [0.15, 0.2) is 5.82 Å². The normalized spacial score (nSPS) is 18.7. The van der Waals surface area contributed by atoms with Gasteiger partial charge in [-0.1, -0.05) is 19.0 Å². The van der Waals surface area contributed by atoms with E-state index in [1.54, 1.807) is 0 Å². The van der Waals surface area contributed by atoms with Gasteiger partial charge in [0.05, 0.1) is 6.54 Å². The molecule has 96 valence electrons. The maximum atomic E-state index is 5.26. The van der Waals surface area contributed by atoms with E-state index in [9.17, 15) is 0 Å². The van der Waals surface area contributed by atoms with Gasteiger partial charge < -0.3 is 9.42 Å². The Labute approximate surface area is 103 Å². The van der Waals surface area contributed by atoms with Crippen LogP contribution in [0.25, 0.3) is 0 Å². The summed E-state index contributed by atoms with van der Waals surface area (Å²) in [5.41, 5.74) is 0. The van der Waals surface area contributed by atoms with E-state index in [-0.39, 0.29) is 0 Å². The molecular formula is C12H22N4O. The number of rotatable bonds is 5. The van der Waals surface area contributed by atoms with Gasteiger partial charge in [0.25, 0.3) is 0 Å². The number of nitrogens with zero attached hydrogens (tertiary/aromatic N) is 4. The van der Waals surface area contributed by atoms with Gasteiger partial charge in [0, 0.05) is 32.6 Å². The third kappa shape index (κ3) is 3.51. The van der Waals surface area contributed by atoms with E-state index in [0.29, 0.717) is 0 Å². The van der Waals surface area contributed by atoms with Crippen LogP contribution in [-0.4, -0.2) is 52.7 Å². The van der Waals surface area contributed by atoms with Crippen molar-refractivity contribution in [1.29, 1.82) is 0 Å². The highest BCUT2D eigenvalue weighted by atomic mass is 16.5. The van der Waals surface area contributed by atoms with Crippen molar-refractivity contribution in [3.05, 3.63) is 11.7 Å². The topological polar surface area (TPSA) is 45.4 Å². The minimum Gasteiger partial charge on any atom is -0.338 e. The molecule has 2 rings (SSSR count). The van der Waals surface area contributed by atoms with Crippen molar-refractivity contribution < 1.29 is 4.52 Å². The lowest BCUT2D eigenvalue weighted by Gasteiger charge is -2.33. The molecule has 5 nitrogen and oxygen atoms in total. The van der Waals surface area contributed by atoms with Crippen molar-refractivity contribution in [3.8, 4) is 0 Å². The first-order valence-corrected chi connectivity index (χ1v) is 6.58. The van der Waals surface area contributed by atoms with Crippen molar-refractivity contribution in [3.63, 3.8) is 0 Å². The second-order valence-electron chi connectivity index (χ2n) is 4.56. The molecule has 0 saturated carbocycles. The Morgan fingerprint density at radius 1 is 1.12 bits per heavy atom. The summed E-state index contributed by atoms with van der Waals surface area (Å²) < 4.78 is 5.26. The lowest BCUT2D eigenvalue weighted by molar-refractivity contribution is 0.121. The van der Waals surface area contributed by atoms with Crippen LogP contribution in [0.5, 0.6) is 0 Å². The van der Waals surface area contributed by atoms with E-state index in [0.717, 1.165) is 63.8 Å². The second kappa shape index (κ2) is 6.12. The van der Waals surface area contributed by atoms with Crippen molar-refractivity contribution in [2.75, 3.05) is 32.7 Å². The number of hydrogen-bond acceptors (Lipinski definition) is 5. The molecule has 17 heavy (non-hydrogen) atoms. The Bertz CT molecular complexity index is 331. The van der Waals surface area contributed by atoms with Gasteiger partial charge in [-0.05, 0) is 13.0 Å². The standard InChI is InChI=1S/C12H22N4O/c1-3-5-11-13-12(17-14-11)10-16-8-6-15(4-2)7-9-16/h3-10H2,1-2H3. The number of aromatic nitrogens is 2. The van der Waals surface area contributed by atoms with E-state index >= 15 is 0 Å². The molecule has 0 amide bonds. The Morgan fingerprint density at radius 3 is 2.47 bits per heavy atom. The van der Waals surface area contributed by atoms with E-state index in [2.05, 4.69) is 33.8 Å². The van der Waals surface area contributed by atoms with Crippen LogP contribution in [0.3, 0.4) is 0 Å². The predicted octanol–water partition coefficient (Wildman–Crippen LogP) is 1.16. The Kier molecular flexibility index (Phi) is 4.50. The first-order valence-electron chi connectivity index (χ1n) is 6.58. The number of aryl methyl sites for hydroxylation is 1. The zero-order valence-corrected chi connectivity index (χ0v) is 10.9. The quantitative estimate of drug-likeness (QED) is 0.770. The largest absolute Gasteiger partial charge is 0.338 e. The smallest absolute Gasteiger partial charge is 0.240 e. The molecule has 1 aromatic rings. The third-order valence-electron chi connectivity index (χ3n) is 3.25. The molecular weight excluding hydrogens is 216 g/mol. The molecule has 0 unspecified atom stereocenters. The molecule has 0 radical (unpaired) electrons. The van der Waals surface area contributed by atoms with E-state index in [1.165, 1.54) is 0 Å². The highest BCUT2D eigenvalue weighted by molar-refractivity contribution is 4.87. The first-order chi connectivity index (χ1) is 8.31. The zero-order chi connectivity index (χ0) is 12.1. The minimum atomic E-state index is 0.762. The molecule has 0 aliphatic carbocycles. The van der Waals surface area contributed by atoms with Crippen LogP contribution in [0.4, 0.5) is 0 Å². The average Bonchev–Trinajstić information content (AvgIpc) is 2.78. The molecule has 0 N–H and O–H groups in total. The van der Waals surface area contributed by atoms with Crippen LogP contribution >= 0.6 is 0 Å². The van der Waals surface area contributed by atoms with E-state index in [1.807, 2.05) is 0 Å². The summed E-state index contributed by atoms with van der Waals surface area (Å²) >= 11 is 0. The van der Waals surface area contributed by atoms with Crippen LogP contribution in [-0.2, 0) is 13.0 Å². The van der Waals surface area contributed by atoms with Crippen LogP contribution in [0.15, 0.2) is 4.52 Å². The third-order valence-corrected chi connectivity index (χ3v) is 3.25. The molecule has 1 aromatic heterocycles. The van der Waals surface area contributed by atoms with E-state index < -0.39 is 0 Å². The number of piperazine rings is 1. The van der Waals surface area contributed by atoms with Crippen LogP contribution in [0.1, 0.15) is 32.0 Å². The Morgan fingerprint density at radius 2 is 1.82 bits per heavy atom. The molecule has 1 aliphatic heterocycles. The van der Waals surface area contributed by atoms with Gasteiger partial charge in [0.2, 0.25) is 5.89 Å². The molecule has 2 heterocycles. The lowest BCUT2D eigenvalue weighted by atomic mass is 10.3. The molecule has 1 aliphatic rings. The maximum absolute atomic E-state index is 5.26. The summed E-state index contributed by atoms with van der Waals surface area (Å²) in [6.07, 6.45) is 1.97. The fraction of sp³-hybridized carbons (Fsp3) is 0.833. The molecule has 1 fully saturated rings. The van der Waals surface area contributed by atoms with Crippen LogP contribution in [0.2, 0.25) is 0 Å². The molecule has 0 bridgehead atoms. The minimum absolute atomic E-state index is 0.762.